The molecule has 0 atom stereocenters. The van der Waals surface area contributed by atoms with Gasteiger partial charge < -0.3 is 0 Å². The van der Waals surface area contributed by atoms with Crippen LogP contribution in [0.25, 0.3) is 17.2 Å². The summed E-state index contributed by atoms with van der Waals surface area (Å²) in [6.07, 6.45) is 1.76. The van der Waals surface area contributed by atoms with Gasteiger partial charge in [-0.25, -0.2) is 0 Å². The van der Waals surface area contributed by atoms with Crippen LogP contribution in [0.3, 0.4) is 0 Å². The van der Waals surface area contributed by atoms with E-state index in [-0.39, 0.29) is 0 Å². The van der Waals surface area contributed by atoms with Crippen LogP contribution < -0.4 is 0 Å². The maximum Gasteiger partial charge on any atom is 0.0499 e. The largest absolute Gasteiger partial charge is 0.0984 e. The third kappa shape index (κ3) is 2.13. The molecule has 0 spiro atoms. The van der Waals surface area contributed by atoms with Crippen LogP contribution in [0.1, 0.15) is 5.56 Å². The monoisotopic (exact) mass is 247 g/mol. The van der Waals surface area contributed by atoms with Crippen molar-refractivity contribution in [1.29, 1.82) is 0 Å². The summed E-state index contributed by atoms with van der Waals surface area (Å²) in [6.45, 7) is 3.76. The van der Waals surface area contributed by atoms with E-state index in [1.165, 1.54) is 0 Å². The van der Waals surface area contributed by atoms with Crippen molar-refractivity contribution in [1.82, 2.24) is 0 Å². The van der Waals surface area contributed by atoms with Crippen molar-refractivity contribution in [2.75, 3.05) is 0 Å². The van der Waals surface area contributed by atoms with E-state index in [4.69, 9.17) is 23.2 Å². The Morgan fingerprint density at radius 3 is 2.62 bits per heavy atom. The molecule has 0 aliphatic heterocycles. The summed E-state index contributed by atoms with van der Waals surface area (Å²) in [5, 5.41) is 1.27. The average molecular weight is 248 g/mol. The molecule has 16 heavy (non-hydrogen) atoms. The first-order valence-corrected chi connectivity index (χ1v) is 5.56. The topological polar surface area (TPSA) is 0 Å². The molecule has 0 N–H and O–H groups in total. The van der Waals surface area contributed by atoms with Crippen LogP contribution >= 0.6 is 23.2 Å². The summed E-state index contributed by atoms with van der Waals surface area (Å²) < 4.78 is 0. The molecular formula is C14H9Cl2. The Hall–Kier alpha value is -1.24. The molecule has 0 aromatic heterocycles. The standard InChI is InChI=1S/C14H9Cl2/c1-2-10-5-3-4-6-12(10)13-8-7-11(15)9-14(13)16/h2-4,6-9H,1H2. The zero-order chi connectivity index (χ0) is 11.5. The van der Waals surface area contributed by atoms with Gasteiger partial charge in [0.2, 0.25) is 0 Å². The van der Waals surface area contributed by atoms with Gasteiger partial charge >= 0.3 is 0 Å². The van der Waals surface area contributed by atoms with Crippen LogP contribution in [-0.4, -0.2) is 0 Å². The van der Waals surface area contributed by atoms with Crippen molar-refractivity contribution in [3.05, 3.63) is 64.7 Å². The van der Waals surface area contributed by atoms with Crippen LogP contribution in [0, 0.1) is 6.07 Å². The summed E-state index contributed by atoms with van der Waals surface area (Å²) in [4.78, 5) is 0. The second kappa shape index (κ2) is 4.73. The highest BCUT2D eigenvalue weighted by Crippen LogP contribution is 2.32. The Labute approximate surface area is 105 Å². The normalized spacial score (nSPS) is 10.1. The van der Waals surface area contributed by atoms with Crippen molar-refractivity contribution in [3.63, 3.8) is 0 Å². The van der Waals surface area contributed by atoms with Crippen molar-refractivity contribution < 1.29 is 0 Å². The lowest BCUT2D eigenvalue weighted by Crippen LogP contribution is -1.84. The van der Waals surface area contributed by atoms with Crippen molar-refractivity contribution >= 4 is 29.3 Å². The van der Waals surface area contributed by atoms with Gasteiger partial charge in [-0.2, -0.15) is 0 Å². The third-order valence-electron chi connectivity index (χ3n) is 2.31. The van der Waals surface area contributed by atoms with E-state index in [1.54, 1.807) is 12.1 Å². The maximum atomic E-state index is 6.16. The van der Waals surface area contributed by atoms with E-state index in [9.17, 15) is 0 Å². The van der Waals surface area contributed by atoms with Gasteiger partial charge in [-0.15, -0.1) is 0 Å². The van der Waals surface area contributed by atoms with E-state index >= 15 is 0 Å². The first kappa shape index (κ1) is 11.3. The Morgan fingerprint density at radius 2 is 1.94 bits per heavy atom. The van der Waals surface area contributed by atoms with E-state index in [1.807, 2.05) is 30.3 Å². The molecule has 0 saturated carbocycles. The quantitative estimate of drug-likeness (QED) is 0.693. The summed E-state index contributed by atoms with van der Waals surface area (Å²) in [6, 6.07) is 14.3. The molecule has 2 aromatic carbocycles. The molecular weight excluding hydrogens is 239 g/mol. The van der Waals surface area contributed by atoms with Crippen LogP contribution in [-0.2, 0) is 0 Å². The van der Waals surface area contributed by atoms with Gasteiger partial charge in [-0.05, 0) is 29.3 Å². The Balaban J connectivity index is 2.62. The van der Waals surface area contributed by atoms with Gasteiger partial charge in [0.15, 0.2) is 0 Å². The predicted octanol–water partition coefficient (Wildman–Crippen LogP) is 5.10. The maximum absolute atomic E-state index is 6.16. The van der Waals surface area contributed by atoms with Gasteiger partial charge in [-0.3, -0.25) is 0 Å². The van der Waals surface area contributed by atoms with Crippen LogP contribution in [0.2, 0.25) is 10.0 Å². The smallest absolute Gasteiger partial charge is 0.0499 e. The molecule has 0 saturated heterocycles. The van der Waals surface area contributed by atoms with E-state index in [2.05, 4.69) is 12.6 Å². The third-order valence-corrected chi connectivity index (χ3v) is 2.86. The number of hydrogen-bond acceptors (Lipinski definition) is 0. The molecule has 79 valence electrons. The Morgan fingerprint density at radius 1 is 1.12 bits per heavy atom. The van der Waals surface area contributed by atoms with Gasteiger partial charge in [0.25, 0.3) is 0 Å². The highest BCUT2D eigenvalue weighted by atomic mass is 35.5. The van der Waals surface area contributed by atoms with Crippen molar-refractivity contribution in [2.45, 2.75) is 0 Å². The predicted molar refractivity (Wildman–Crippen MR) is 70.8 cm³/mol. The molecule has 0 fully saturated rings. The van der Waals surface area contributed by atoms with Gasteiger partial charge in [0, 0.05) is 15.6 Å². The number of benzene rings is 2. The molecule has 0 amide bonds. The van der Waals surface area contributed by atoms with Gasteiger partial charge in [0.05, 0.1) is 0 Å². The fourth-order valence-corrected chi connectivity index (χ4v) is 2.07. The van der Waals surface area contributed by atoms with Crippen molar-refractivity contribution in [3.8, 4) is 11.1 Å². The van der Waals surface area contributed by atoms with Gasteiger partial charge in [0.1, 0.15) is 0 Å². The number of hydrogen-bond donors (Lipinski definition) is 0. The molecule has 0 unspecified atom stereocenters. The van der Waals surface area contributed by atoms with Crippen LogP contribution in [0.15, 0.2) is 43.0 Å². The highest BCUT2D eigenvalue weighted by molar-refractivity contribution is 6.36. The lowest BCUT2D eigenvalue weighted by molar-refractivity contribution is 1.58. The Bertz CT molecular complexity index is 530. The first-order valence-electron chi connectivity index (χ1n) is 4.81. The molecule has 2 heteroatoms. The fraction of sp³-hybridized carbons (Fsp3) is 0. The lowest BCUT2D eigenvalue weighted by Gasteiger charge is -2.08. The summed E-state index contributed by atoms with van der Waals surface area (Å²) in [7, 11) is 0. The minimum absolute atomic E-state index is 0.633. The van der Waals surface area contributed by atoms with E-state index < -0.39 is 0 Å². The molecule has 2 aromatic rings. The fourth-order valence-electron chi connectivity index (χ4n) is 1.56. The summed E-state index contributed by atoms with van der Waals surface area (Å²) >= 11 is 12.0. The van der Waals surface area contributed by atoms with E-state index in [0.717, 1.165) is 16.7 Å². The summed E-state index contributed by atoms with van der Waals surface area (Å²) in [5.74, 6) is 0. The highest BCUT2D eigenvalue weighted by Gasteiger charge is 2.06. The molecule has 0 aliphatic rings. The first-order chi connectivity index (χ1) is 7.72. The SMILES string of the molecule is C=Cc1[c]cccc1-c1ccc(Cl)cc1Cl. The average Bonchev–Trinajstić information content (AvgIpc) is 2.29. The zero-order valence-electron chi connectivity index (χ0n) is 8.50. The second-order valence-electron chi connectivity index (χ2n) is 3.33. The second-order valence-corrected chi connectivity index (χ2v) is 4.17. The molecule has 1 radical (unpaired) electrons. The molecule has 0 nitrogen and oxygen atoms in total. The lowest BCUT2D eigenvalue weighted by atomic mass is 10.00. The van der Waals surface area contributed by atoms with Crippen LogP contribution in [0.5, 0.6) is 0 Å². The zero-order valence-corrected chi connectivity index (χ0v) is 10.0. The minimum Gasteiger partial charge on any atom is -0.0984 e. The number of rotatable bonds is 2. The van der Waals surface area contributed by atoms with E-state index in [0.29, 0.717) is 10.0 Å². The number of halogens is 2. The molecule has 0 aliphatic carbocycles. The Kier molecular flexibility index (Phi) is 3.33. The molecule has 0 bridgehead atoms. The minimum atomic E-state index is 0.633. The van der Waals surface area contributed by atoms with Crippen LogP contribution in [0.4, 0.5) is 0 Å². The van der Waals surface area contributed by atoms with Crippen molar-refractivity contribution in [2.24, 2.45) is 0 Å². The summed E-state index contributed by atoms with van der Waals surface area (Å²) in [5.41, 5.74) is 2.89. The molecule has 2 rings (SSSR count). The molecule has 0 heterocycles. The van der Waals surface area contributed by atoms with Gasteiger partial charge in [-0.1, -0.05) is 60.1 Å².